The van der Waals surface area contributed by atoms with E-state index in [-0.39, 0.29) is 11.8 Å². The SMILES string of the molecule is CCCOCc1nnc(CC2(CC(=O)O)CCCC2)o1. The molecule has 0 aromatic carbocycles. The highest BCUT2D eigenvalue weighted by atomic mass is 16.5. The second kappa shape index (κ2) is 6.83. The van der Waals surface area contributed by atoms with Gasteiger partial charge in [-0.15, -0.1) is 10.2 Å². The van der Waals surface area contributed by atoms with Gasteiger partial charge in [0.25, 0.3) is 0 Å². The van der Waals surface area contributed by atoms with Crippen molar-refractivity contribution in [3.8, 4) is 0 Å². The van der Waals surface area contributed by atoms with Crippen molar-refractivity contribution in [2.75, 3.05) is 6.61 Å². The van der Waals surface area contributed by atoms with E-state index in [9.17, 15) is 4.79 Å². The molecular weight excluding hydrogens is 260 g/mol. The van der Waals surface area contributed by atoms with E-state index >= 15 is 0 Å². The molecule has 2 rings (SSSR count). The lowest BCUT2D eigenvalue weighted by atomic mass is 9.79. The molecule has 0 spiro atoms. The zero-order chi connectivity index (χ0) is 14.4. The van der Waals surface area contributed by atoms with E-state index in [2.05, 4.69) is 10.2 Å². The van der Waals surface area contributed by atoms with E-state index in [1.165, 1.54) is 0 Å². The van der Waals surface area contributed by atoms with Crippen molar-refractivity contribution in [2.45, 2.75) is 58.5 Å². The maximum atomic E-state index is 11.0. The zero-order valence-electron chi connectivity index (χ0n) is 11.9. The van der Waals surface area contributed by atoms with Crippen molar-refractivity contribution in [2.24, 2.45) is 5.41 Å². The molecule has 1 aliphatic carbocycles. The van der Waals surface area contributed by atoms with Crippen LogP contribution in [0.3, 0.4) is 0 Å². The molecule has 112 valence electrons. The van der Waals surface area contributed by atoms with Gasteiger partial charge in [-0.05, 0) is 24.7 Å². The molecule has 1 aromatic heterocycles. The Morgan fingerprint density at radius 3 is 2.70 bits per heavy atom. The topological polar surface area (TPSA) is 85.5 Å². The highest BCUT2D eigenvalue weighted by Gasteiger charge is 2.37. The Hall–Kier alpha value is -1.43. The van der Waals surface area contributed by atoms with Gasteiger partial charge in [-0.2, -0.15) is 0 Å². The predicted octanol–water partition coefficient (Wildman–Crippen LogP) is 2.57. The van der Waals surface area contributed by atoms with Crippen LogP contribution in [0.15, 0.2) is 4.42 Å². The van der Waals surface area contributed by atoms with Gasteiger partial charge in [-0.25, -0.2) is 0 Å². The van der Waals surface area contributed by atoms with Gasteiger partial charge in [0.1, 0.15) is 6.61 Å². The average molecular weight is 282 g/mol. The number of hydrogen-bond acceptors (Lipinski definition) is 5. The van der Waals surface area contributed by atoms with Crippen LogP contribution in [0.5, 0.6) is 0 Å². The Bertz CT molecular complexity index is 438. The third kappa shape index (κ3) is 4.03. The quantitative estimate of drug-likeness (QED) is 0.737. The first-order valence-corrected chi connectivity index (χ1v) is 7.24. The normalized spacial score (nSPS) is 17.4. The van der Waals surface area contributed by atoms with Crippen LogP contribution in [0.25, 0.3) is 0 Å². The molecule has 0 bridgehead atoms. The predicted molar refractivity (Wildman–Crippen MR) is 71.1 cm³/mol. The third-order valence-corrected chi connectivity index (χ3v) is 3.80. The van der Waals surface area contributed by atoms with Crippen molar-refractivity contribution in [3.63, 3.8) is 0 Å². The molecule has 1 aliphatic rings. The summed E-state index contributed by atoms with van der Waals surface area (Å²) in [7, 11) is 0. The van der Waals surface area contributed by atoms with Crippen LogP contribution in [0, 0.1) is 5.41 Å². The van der Waals surface area contributed by atoms with E-state index in [1.807, 2.05) is 6.92 Å². The molecule has 0 unspecified atom stereocenters. The minimum Gasteiger partial charge on any atom is -0.481 e. The van der Waals surface area contributed by atoms with Gasteiger partial charge in [0, 0.05) is 13.0 Å². The molecule has 6 nitrogen and oxygen atoms in total. The lowest BCUT2D eigenvalue weighted by molar-refractivity contribution is -0.139. The number of aromatic nitrogens is 2. The molecule has 0 radical (unpaired) electrons. The number of nitrogens with zero attached hydrogens (tertiary/aromatic N) is 2. The first kappa shape index (κ1) is 15.0. The lowest BCUT2D eigenvalue weighted by Gasteiger charge is -2.24. The van der Waals surface area contributed by atoms with Crippen LogP contribution >= 0.6 is 0 Å². The molecule has 1 N–H and O–H groups in total. The Kier molecular flexibility index (Phi) is 5.11. The van der Waals surface area contributed by atoms with E-state index in [0.29, 0.717) is 31.4 Å². The standard InChI is InChI=1S/C14H22N2O4/c1-2-7-19-10-12-16-15-11(20-12)8-14(9-13(17)18)5-3-4-6-14/h2-10H2,1H3,(H,17,18). The molecular formula is C14H22N2O4. The van der Waals surface area contributed by atoms with Crippen molar-refractivity contribution in [1.82, 2.24) is 10.2 Å². The van der Waals surface area contributed by atoms with E-state index < -0.39 is 5.97 Å². The summed E-state index contributed by atoms with van der Waals surface area (Å²) in [5, 5.41) is 17.1. The summed E-state index contributed by atoms with van der Waals surface area (Å²) in [6.45, 7) is 3.03. The number of carboxylic acids is 1. The average Bonchev–Trinajstić information content (AvgIpc) is 3.00. The molecule has 0 amide bonds. The Morgan fingerprint density at radius 1 is 1.35 bits per heavy atom. The Balaban J connectivity index is 1.95. The second-order valence-electron chi connectivity index (χ2n) is 5.60. The number of carboxylic acid groups (broad SMARTS) is 1. The van der Waals surface area contributed by atoms with Gasteiger partial charge in [0.2, 0.25) is 11.8 Å². The van der Waals surface area contributed by atoms with Crippen LogP contribution in [-0.4, -0.2) is 27.9 Å². The van der Waals surface area contributed by atoms with Gasteiger partial charge in [0.15, 0.2) is 0 Å². The molecule has 20 heavy (non-hydrogen) atoms. The van der Waals surface area contributed by atoms with Gasteiger partial charge >= 0.3 is 5.97 Å². The summed E-state index contributed by atoms with van der Waals surface area (Å²) in [5.74, 6) is 0.248. The Morgan fingerprint density at radius 2 is 2.05 bits per heavy atom. The van der Waals surface area contributed by atoms with Gasteiger partial charge in [0.05, 0.1) is 6.42 Å². The summed E-state index contributed by atoms with van der Waals surface area (Å²) in [6, 6.07) is 0. The minimum atomic E-state index is -0.752. The van der Waals surface area contributed by atoms with Crippen LogP contribution in [0.4, 0.5) is 0 Å². The number of ether oxygens (including phenoxy) is 1. The van der Waals surface area contributed by atoms with Crippen LogP contribution in [-0.2, 0) is 22.6 Å². The molecule has 0 aliphatic heterocycles. The summed E-state index contributed by atoms with van der Waals surface area (Å²) >= 11 is 0. The van der Waals surface area contributed by atoms with E-state index in [1.54, 1.807) is 0 Å². The van der Waals surface area contributed by atoms with E-state index in [4.69, 9.17) is 14.3 Å². The van der Waals surface area contributed by atoms with E-state index in [0.717, 1.165) is 32.1 Å². The van der Waals surface area contributed by atoms with Gasteiger partial charge in [-0.3, -0.25) is 4.79 Å². The lowest BCUT2D eigenvalue weighted by Crippen LogP contribution is -2.24. The number of aliphatic carboxylic acids is 1. The van der Waals surface area contributed by atoms with Gasteiger partial charge < -0.3 is 14.3 Å². The summed E-state index contributed by atoms with van der Waals surface area (Å²) in [6.07, 6.45) is 5.67. The fourth-order valence-corrected chi connectivity index (χ4v) is 2.90. The van der Waals surface area contributed by atoms with Crippen molar-refractivity contribution >= 4 is 5.97 Å². The van der Waals surface area contributed by atoms with Crippen molar-refractivity contribution in [1.29, 1.82) is 0 Å². The maximum absolute atomic E-state index is 11.0. The largest absolute Gasteiger partial charge is 0.481 e. The zero-order valence-corrected chi connectivity index (χ0v) is 11.9. The molecule has 1 aromatic rings. The number of hydrogen-bond donors (Lipinski definition) is 1. The number of carbonyl (C=O) groups is 1. The fourth-order valence-electron chi connectivity index (χ4n) is 2.90. The smallest absolute Gasteiger partial charge is 0.303 e. The molecule has 1 heterocycles. The first-order chi connectivity index (χ1) is 9.63. The van der Waals surface area contributed by atoms with Crippen LogP contribution in [0.1, 0.15) is 57.2 Å². The van der Waals surface area contributed by atoms with Crippen molar-refractivity contribution in [3.05, 3.63) is 11.8 Å². The molecule has 0 atom stereocenters. The Labute approximate surface area is 118 Å². The molecule has 0 saturated heterocycles. The fraction of sp³-hybridized carbons (Fsp3) is 0.786. The van der Waals surface area contributed by atoms with Crippen molar-refractivity contribution < 1.29 is 19.1 Å². The molecule has 1 saturated carbocycles. The van der Waals surface area contributed by atoms with Gasteiger partial charge in [-0.1, -0.05) is 19.8 Å². The molecule has 1 fully saturated rings. The highest BCUT2D eigenvalue weighted by molar-refractivity contribution is 5.67. The third-order valence-electron chi connectivity index (χ3n) is 3.80. The molecule has 6 heteroatoms. The summed E-state index contributed by atoms with van der Waals surface area (Å²) in [5.41, 5.74) is -0.208. The summed E-state index contributed by atoms with van der Waals surface area (Å²) < 4.78 is 10.9. The first-order valence-electron chi connectivity index (χ1n) is 7.24. The van der Waals surface area contributed by atoms with Crippen LogP contribution < -0.4 is 0 Å². The highest BCUT2D eigenvalue weighted by Crippen LogP contribution is 2.43. The minimum absolute atomic E-state index is 0.178. The second-order valence-corrected chi connectivity index (χ2v) is 5.60. The maximum Gasteiger partial charge on any atom is 0.303 e. The summed E-state index contributed by atoms with van der Waals surface area (Å²) in [4.78, 5) is 11.0. The number of rotatable bonds is 8. The monoisotopic (exact) mass is 282 g/mol. The van der Waals surface area contributed by atoms with Crippen LogP contribution in [0.2, 0.25) is 0 Å².